The number of ketones is 2. The number of carbonyl (C=O) groups excluding carboxylic acids is 2. The van der Waals surface area contributed by atoms with E-state index in [1.54, 1.807) is 19.1 Å². The molecule has 0 aromatic heterocycles. The molecule has 2 rings (SSSR count). The van der Waals surface area contributed by atoms with E-state index in [2.05, 4.69) is 31.9 Å². The fourth-order valence-corrected chi connectivity index (χ4v) is 2.18. The molecule has 0 unspecified atom stereocenters. The van der Waals surface area contributed by atoms with Gasteiger partial charge in [0.2, 0.25) is 0 Å². The largest absolute Gasteiger partial charge is 0.289 e. The Kier molecular flexibility index (Phi) is 2.64. The number of rotatable bonds is 0. The van der Waals surface area contributed by atoms with Gasteiger partial charge in [-0.25, -0.2) is 0 Å². The molecule has 0 fully saturated rings. The van der Waals surface area contributed by atoms with Crippen molar-refractivity contribution in [2.45, 2.75) is 6.92 Å². The average Bonchev–Trinajstić information content (AvgIpc) is 2.18. The van der Waals surface area contributed by atoms with E-state index in [-0.39, 0.29) is 11.6 Å². The lowest BCUT2D eigenvalue weighted by Gasteiger charge is -2.13. The first-order chi connectivity index (χ1) is 7.00. The summed E-state index contributed by atoms with van der Waals surface area (Å²) >= 11 is 6.62. The first-order valence-corrected chi connectivity index (χ1v) is 5.85. The Bertz CT molecular complexity index is 516. The van der Waals surface area contributed by atoms with Crippen molar-refractivity contribution in [1.82, 2.24) is 0 Å². The van der Waals surface area contributed by atoms with Gasteiger partial charge in [0.15, 0.2) is 11.6 Å². The maximum Gasteiger partial charge on any atom is 0.189 e. The van der Waals surface area contributed by atoms with E-state index in [0.717, 1.165) is 8.95 Å². The number of fused-ring (bicyclic) bond motifs is 1. The van der Waals surface area contributed by atoms with Crippen molar-refractivity contribution in [1.29, 1.82) is 0 Å². The molecule has 0 bridgehead atoms. The number of hydrogen-bond acceptors (Lipinski definition) is 2. The van der Waals surface area contributed by atoms with Crippen LogP contribution in [0.25, 0.3) is 0 Å². The molecule has 1 aliphatic carbocycles. The van der Waals surface area contributed by atoms with E-state index in [4.69, 9.17) is 0 Å². The molecule has 0 spiro atoms. The molecule has 2 nitrogen and oxygen atoms in total. The van der Waals surface area contributed by atoms with Gasteiger partial charge in [-0.15, -0.1) is 0 Å². The van der Waals surface area contributed by atoms with Crippen LogP contribution in [0.1, 0.15) is 27.6 Å². The molecule has 0 radical (unpaired) electrons. The highest BCUT2D eigenvalue weighted by Gasteiger charge is 2.24. The minimum atomic E-state index is -0.115. The van der Waals surface area contributed by atoms with Crippen molar-refractivity contribution in [2.24, 2.45) is 0 Å². The number of allylic oxidation sites excluding steroid dienone is 2. The summed E-state index contributed by atoms with van der Waals surface area (Å²) in [6.45, 7) is 1.65. The van der Waals surface area contributed by atoms with E-state index in [9.17, 15) is 9.59 Å². The zero-order valence-corrected chi connectivity index (χ0v) is 11.0. The van der Waals surface area contributed by atoms with Crippen LogP contribution in [-0.2, 0) is 0 Å². The fraction of sp³-hybridized carbons (Fsp3) is 0.0909. The Morgan fingerprint density at radius 1 is 1.00 bits per heavy atom. The Balaban J connectivity index is 2.73. The van der Waals surface area contributed by atoms with Gasteiger partial charge in [-0.2, -0.15) is 0 Å². The summed E-state index contributed by atoms with van der Waals surface area (Å²) in [5.41, 5.74) is 1.41. The van der Waals surface area contributed by atoms with Gasteiger partial charge in [0.1, 0.15) is 0 Å². The maximum absolute atomic E-state index is 11.8. The van der Waals surface area contributed by atoms with Crippen molar-refractivity contribution in [3.05, 3.63) is 43.9 Å². The minimum Gasteiger partial charge on any atom is -0.289 e. The highest BCUT2D eigenvalue weighted by atomic mass is 79.9. The van der Waals surface area contributed by atoms with Crippen molar-refractivity contribution in [3.63, 3.8) is 0 Å². The van der Waals surface area contributed by atoms with Crippen LogP contribution in [0.15, 0.2) is 32.7 Å². The molecular formula is C11H6Br2O2. The third-order valence-corrected chi connectivity index (χ3v) is 4.12. The van der Waals surface area contributed by atoms with Crippen LogP contribution < -0.4 is 0 Å². The molecular weight excluding hydrogens is 324 g/mol. The first-order valence-electron chi connectivity index (χ1n) is 4.27. The average molecular weight is 330 g/mol. The van der Waals surface area contributed by atoms with Crippen molar-refractivity contribution in [2.75, 3.05) is 0 Å². The number of halogens is 2. The summed E-state index contributed by atoms with van der Waals surface area (Å²) in [5, 5.41) is 0. The standard InChI is InChI=1S/C11H6Br2O2/c1-5-2-10(14)6-3-8(12)9(13)4-7(6)11(5)15/h2-4H,1H3. The predicted molar refractivity (Wildman–Crippen MR) is 64.3 cm³/mol. The summed E-state index contributed by atoms with van der Waals surface area (Å²) in [6, 6.07) is 3.35. The summed E-state index contributed by atoms with van der Waals surface area (Å²) in [7, 11) is 0. The van der Waals surface area contributed by atoms with E-state index < -0.39 is 0 Å². The third kappa shape index (κ3) is 1.72. The lowest BCUT2D eigenvalue weighted by atomic mass is 9.90. The zero-order valence-electron chi connectivity index (χ0n) is 7.80. The second-order valence-electron chi connectivity index (χ2n) is 3.33. The smallest absolute Gasteiger partial charge is 0.189 e. The Hall–Kier alpha value is -0.740. The van der Waals surface area contributed by atoms with Crippen LogP contribution >= 0.6 is 31.9 Å². The Morgan fingerprint density at radius 2 is 1.53 bits per heavy atom. The molecule has 0 aliphatic heterocycles. The van der Waals surface area contributed by atoms with Gasteiger partial charge < -0.3 is 0 Å². The number of hydrogen-bond donors (Lipinski definition) is 0. The van der Waals surface area contributed by atoms with Gasteiger partial charge in [-0.05, 0) is 57.0 Å². The molecule has 1 aromatic carbocycles. The monoisotopic (exact) mass is 328 g/mol. The topological polar surface area (TPSA) is 34.1 Å². The van der Waals surface area contributed by atoms with Crippen LogP contribution in [0.4, 0.5) is 0 Å². The normalized spacial score (nSPS) is 15.0. The summed E-state index contributed by atoms with van der Waals surface area (Å²) < 4.78 is 1.55. The van der Waals surface area contributed by atoms with Gasteiger partial charge in [-0.3, -0.25) is 9.59 Å². The zero-order chi connectivity index (χ0) is 11.2. The number of Topliss-reactive ketones (excluding diaryl/α,β-unsaturated/α-hetero) is 1. The molecule has 4 heteroatoms. The minimum absolute atomic E-state index is 0.0854. The quantitative estimate of drug-likeness (QED) is 0.729. The highest BCUT2D eigenvalue weighted by Crippen LogP contribution is 2.30. The molecule has 0 atom stereocenters. The predicted octanol–water partition coefficient (Wildman–Crippen LogP) is 3.54. The molecule has 0 heterocycles. The first kappa shape index (κ1) is 10.8. The van der Waals surface area contributed by atoms with Crippen LogP contribution in [0.5, 0.6) is 0 Å². The van der Waals surface area contributed by atoms with Crippen LogP contribution in [-0.4, -0.2) is 11.6 Å². The molecule has 0 saturated carbocycles. The van der Waals surface area contributed by atoms with Gasteiger partial charge in [0, 0.05) is 25.6 Å². The van der Waals surface area contributed by atoms with Gasteiger partial charge in [-0.1, -0.05) is 0 Å². The van der Waals surface area contributed by atoms with Gasteiger partial charge in [0.05, 0.1) is 0 Å². The van der Waals surface area contributed by atoms with Gasteiger partial charge >= 0.3 is 0 Å². The van der Waals surface area contributed by atoms with Gasteiger partial charge in [0.25, 0.3) is 0 Å². The molecule has 0 N–H and O–H groups in total. The second kappa shape index (κ2) is 3.68. The molecule has 76 valence electrons. The van der Waals surface area contributed by atoms with E-state index >= 15 is 0 Å². The number of carbonyl (C=O) groups is 2. The summed E-state index contributed by atoms with van der Waals surface area (Å²) in [5.74, 6) is -0.201. The Labute approximate surface area is 104 Å². The van der Waals surface area contributed by atoms with Crippen molar-refractivity contribution >= 4 is 43.4 Å². The maximum atomic E-state index is 11.8. The molecule has 0 amide bonds. The van der Waals surface area contributed by atoms with Crippen LogP contribution in [0, 0.1) is 0 Å². The lowest BCUT2D eigenvalue weighted by Crippen LogP contribution is -2.15. The number of benzene rings is 1. The SMILES string of the molecule is CC1=CC(=O)c2cc(Br)c(Br)cc2C1=O. The van der Waals surface area contributed by atoms with E-state index in [1.165, 1.54) is 6.08 Å². The second-order valence-corrected chi connectivity index (χ2v) is 5.04. The molecule has 1 aliphatic rings. The Morgan fingerprint density at radius 3 is 2.13 bits per heavy atom. The molecule has 0 saturated heterocycles. The van der Waals surface area contributed by atoms with E-state index in [0.29, 0.717) is 16.7 Å². The van der Waals surface area contributed by atoms with Crippen molar-refractivity contribution in [3.8, 4) is 0 Å². The molecule has 15 heavy (non-hydrogen) atoms. The highest BCUT2D eigenvalue weighted by molar-refractivity contribution is 9.13. The van der Waals surface area contributed by atoms with Crippen molar-refractivity contribution < 1.29 is 9.59 Å². The lowest BCUT2D eigenvalue weighted by molar-refractivity contribution is 0.0984. The fourth-order valence-electron chi connectivity index (χ4n) is 1.49. The van der Waals surface area contributed by atoms with E-state index in [1.807, 2.05) is 0 Å². The van der Waals surface area contributed by atoms with Crippen LogP contribution in [0.3, 0.4) is 0 Å². The summed E-state index contributed by atoms with van der Waals surface area (Å²) in [4.78, 5) is 23.4. The van der Waals surface area contributed by atoms with Crippen LogP contribution in [0.2, 0.25) is 0 Å². The summed E-state index contributed by atoms with van der Waals surface area (Å²) in [6.07, 6.45) is 1.38. The molecule has 1 aromatic rings. The third-order valence-electron chi connectivity index (χ3n) is 2.28.